The molecule has 0 saturated heterocycles. The van der Waals surface area contributed by atoms with Crippen LogP contribution in [0.25, 0.3) is 0 Å². The molecule has 0 aliphatic carbocycles. The average Bonchev–Trinajstić information content (AvgIpc) is 2.90. The third-order valence-electron chi connectivity index (χ3n) is 6.17. The summed E-state index contributed by atoms with van der Waals surface area (Å²) in [5.74, 6) is -0.897. The first-order chi connectivity index (χ1) is 18.3. The fourth-order valence-electron chi connectivity index (χ4n) is 3.92. The van der Waals surface area contributed by atoms with Crippen LogP contribution in [-0.4, -0.2) is 49.3 Å². The summed E-state index contributed by atoms with van der Waals surface area (Å²) >= 11 is 0. The van der Waals surface area contributed by atoms with E-state index in [0.29, 0.717) is 25.8 Å². The number of phosphoric acid groups is 1. The van der Waals surface area contributed by atoms with Crippen LogP contribution >= 0.6 is 7.82 Å². The fourth-order valence-corrected chi connectivity index (χ4v) is 4.71. The summed E-state index contributed by atoms with van der Waals surface area (Å²) in [5.41, 5.74) is 3.53. The Balaban J connectivity index is 4.05. The van der Waals surface area contributed by atoms with Crippen molar-refractivity contribution in [2.75, 3.05) is 26.4 Å². The minimum atomic E-state index is -4.31. The fraction of sp³-hybridized carbons (Fsp3) is 0.893. The molecule has 0 amide bonds. The number of carbonyl (C=O) groups excluding carboxylic acids is 2. The van der Waals surface area contributed by atoms with Gasteiger partial charge >= 0.3 is 19.8 Å². The third kappa shape index (κ3) is 25.3. The molecule has 9 nitrogen and oxygen atoms in total. The van der Waals surface area contributed by atoms with Gasteiger partial charge in [-0.05, 0) is 6.42 Å². The van der Waals surface area contributed by atoms with Crippen LogP contribution in [0.5, 0.6) is 0 Å². The van der Waals surface area contributed by atoms with E-state index in [-0.39, 0.29) is 26.1 Å². The molecule has 0 aromatic rings. The van der Waals surface area contributed by atoms with Gasteiger partial charge in [0.1, 0.15) is 13.2 Å². The molecule has 4 N–H and O–H groups in total. The Kier molecular flexibility index (Phi) is 25.6. The summed E-state index contributed by atoms with van der Waals surface area (Å²) in [7, 11) is -4.31. The molecule has 1 unspecified atom stereocenters. The monoisotopic (exact) mass is 565 g/mol. The molecular weight excluding hydrogens is 509 g/mol. The molecule has 0 radical (unpaired) electrons. The lowest BCUT2D eigenvalue weighted by atomic mass is 10.0. The smallest absolute Gasteiger partial charge is 0.462 e. The van der Waals surface area contributed by atoms with Gasteiger partial charge < -0.3 is 27.0 Å². The molecular formula is C28H56NO8P. The number of carbonyl (C=O) groups is 2. The van der Waals surface area contributed by atoms with E-state index in [2.05, 4.69) is 19.6 Å². The van der Waals surface area contributed by atoms with Crippen LogP contribution in [0.15, 0.2) is 0 Å². The first-order valence-corrected chi connectivity index (χ1v) is 16.4. The Labute approximate surface area is 231 Å². The summed E-state index contributed by atoms with van der Waals surface area (Å²) in [4.78, 5) is 33.8. The lowest BCUT2D eigenvalue weighted by molar-refractivity contribution is -0.371. The van der Waals surface area contributed by atoms with Gasteiger partial charge in [0.25, 0.3) is 0 Å². The van der Waals surface area contributed by atoms with Crippen molar-refractivity contribution in [2.45, 2.75) is 135 Å². The van der Waals surface area contributed by atoms with Gasteiger partial charge in [-0.2, -0.15) is 6.42 Å². The number of rotatable bonds is 28. The number of hydrogen-bond acceptors (Lipinski definition) is 7. The highest BCUT2D eigenvalue weighted by molar-refractivity contribution is 7.47. The normalized spacial score (nSPS) is 13.7. The predicted octanol–water partition coefficient (Wildman–Crippen LogP) is 6.08. The van der Waals surface area contributed by atoms with Crippen molar-refractivity contribution >= 4 is 19.8 Å². The average molecular weight is 566 g/mol. The zero-order valence-electron chi connectivity index (χ0n) is 24.0. The van der Waals surface area contributed by atoms with E-state index >= 15 is 0 Å². The molecule has 0 aromatic heterocycles. The summed E-state index contributed by atoms with van der Waals surface area (Å²) in [6.07, 6.45) is 19.3. The van der Waals surface area contributed by atoms with Gasteiger partial charge in [-0.25, -0.2) is 4.57 Å². The second kappa shape index (κ2) is 26.2. The van der Waals surface area contributed by atoms with E-state index in [1.165, 1.54) is 77.0 Å². The van der Waals surface area contributed by atoms with Gasteiger partial charge in [-0.1, -0.05) is 103 Å². The molecule has 0 saturated carbocycles. The second-order valence-electron chi connectivity index (χ2n) is 9.90. The lowest BCUT2D eigenvalue weighted by Gasteiger charge is -2.19. The highest BCUT2D eigenvalue weighted by Gasteiger charge is 2.26. The number of esters is 2. The van der Waals surface area contributed by atoms with Crippen molar-refractivity contribution in [1.82, 2.24) is 0 Å². The Morgan fingerprint density at radius 1 is 0.763 bits per heavy atom. The van der Waals surface area contributed by atoms with E-state index in [1.807, 2.05) is 0 Å². The van der Waals surface area contributed by atoms with E-state index in [1.54, 1.807) is 0 Å². The van der Waals surface area contributed by atoms with Crippen molar-refractivity contribution < 1.29 is 43.3 Å². The van der Waals surface area contributed by atoms with Crippen LogP contribution in [0.3, 0.4) is 0 Å². The molecule has 0 bridgehead atoms. The Morgan fingerprint density at radius 2 is 1.26 bits per heavy atom. The summed E-state index contributed by atoms with van der Waals surface area (Å²) in [6, 6.07) is 0. The molecule has 0 aliphatic rings. The first-order valence-electron chi connectivity index (χ1n) is 14.9. The standard InChI is InChI=1S/C28H55NO8P/c1-3-5-7-8-9-10-11-12-13-14-15-16-17-18-19-21-28(31)37-26(24-34-27(30)20-6-4-2)25-36-38(32,33)35-23-22-29/h26H,2-25,29H2,1H3,(H,32,33)/q-1/p+1/t26-/m1/s1. The summed E-state index contributed by atoms with van der Waals surface area (Å²) in [6.45, 7) is 5.51. The van der Waals surface area contributed by atoms with E-state index in [4.69, 9.17) is 18.5 Å². The van der Waals surface area contributed by atoms with Gasteiger partial charge in [0, 0.05) is 12.8 Å². The quantitative estimate of drug-likeness (QED) is 0.0504. The van der Waals surface area contributed by atoms with Crippen molar-refractivity contribution in [3.8, 4) is 0 Å². The van der Waals surface area contributed by atoms with Gasteiger partial charge in [0.05, 0.1) is 13.2 Å². The van der Waals surface area contributed by atoms with Gasteiger partial charge in [0.2, 0.25) is 0 Å². The maximum absolute atomic E-state index is 12.3. The second-order valence-corrected chi connectivity index (χ2v) is 11.4. The summed E-state index contributed by atoms with van der Waals surface area (Å²) in [5, 5.41) is 0. The molecule has 0 aromatic carbocycles. The minimum Gasteiger partial charge on any atom is -0.462 e. The number of phosphoric ester groups is 1. The van der Waals surface area contributed by atoms with Gasteiger partial charge in [-0.15, -0.1) is 0 Å². The van der Waals surface area contributed by atoms with Crippen LogP contribution in [0.4, 0.5) is 0 Å². The highest BCUT2D eigenvalue weighted by Crippen LogP contribution is 2.43. The van der Waals surface area contributed by atoms with Crippen LogP contribution < -0.4 is 5.73 Å². The highest BCUT2D eigenvalue weighted by atomic mass is 31.2. The van der Waals surface area contributed by atoms with Crippen molar-refractivity contribution in [2.24, 2.45) is 0 Å². The number of hydrogen-bond donors (Lipinski definition) is 2. The molecule has 0 aliphatic heterocycles. The molecule has 2 atom stereocenters. The molecule has 0 fully saturated rings. The third-order valence-corrected chi connectivity index (χ3v) is 7.15. The topological polar surface area (TPSA) is 136 Å². The zero-order valence-corrected chi connectivity index (χ0v) is 24.9. The maximum Gasteiger partial charge on any atom is 0.472 e. The molecule has 226 valence electrons. The molecule has 0 rings (SSSR count). The zero-order chi connectivity index (χ0) is 28.3. The predicted molar refractivity (Wildman–Crippen MR) is 149 cm³/mol. The van der Waals surface area contributed by atoms with Crippen LogP contribution in [0.1, 0.15) is 129 Å². The van der Waals surface area contributed by atoms with E-state index in [9.17, 15) is 19.0 Å². The van der Waals surface area contributed by atoms with Gasteiger partial charge in [-0.3, -0.25) is 18.6 Å². The van der Waals surface area contributed by atoms with Crippen molar-refractivity contribution in [3.63, 3.8) is 0 Å². The van der Waals surface area contributed by atoms with Crippen LogP contribution in [0.2, 0.25) is 0 Å². The van der Waals surface area contributed by atoms with Crippen molar-refractivity contribution in [1.29, 1.82) is 0 Å². The van der Waals surface area contributed by atoms with Crippen molar-refractivity contribution in [3.05, 3.63) is 6.92 Å². The molecule has 0 heterocycles. The molecule has 10 heteroatoms. The Hall–Kier alpha value is -0.990. The molecule has 0 spiro atoms. The van der Waals surface area contributed by atoms with E-state index < -0.39 is 32.5 Å². The Bertz CT molecular complexity index is 620. The molecule has 38 heavy (non-hydrogen) atoms. The first kappa shape index (κ1) is 37.0. The number of ether oxygens (including phenoxy) is 2. The largest absolute Gasteiger partial charge is 0.472 e. The Morgan fingerprint density at radius 3 is 1.76 bits per heavy atom. The van der Waals surface area contributed by atoms with Gasteiger partial charge in [0.15, 0.2) is 6.10 Å². The minimum absolute atomic E-state index is 0.0442. The lowest BCUT2D eigenvalue weighted by Crippen LogP contribution is -2.52. The summed E-state index contributed by atoms with van der Waals surface area (Å²) < 4.78 is 32.1. The number of quaternary nitrogens is 1. The van der Waals surface area contributed by atoms with E-state index in [0.717, 1.165) is 12.8 Å². The maximum atomic E-state index is 12.3. The SMILES string of the molecule is [CH2-]CCCC(=O)OC[C@H](COP(=O)(O)OCC[NH3+])OC(=O)CCCCCCCCCCCCCCCCC. The number of unbranched alkanes of at least 4 members (excludes halogenated alkanes) is 15. The van der Waals surface area contributed by atoms with Crippen LogP contribution in [-0.2, 0) is 32.7 Å². The van der Waals surface area contributed by atoms with Crippen LogP contribution in [0, 0.1) is 6.92 Å².